The largest absolute Gasteiger partial charge is 0.309 e. The van der Waals surface area contributed by atoms with Crippen molar-refractivity contribution in [2.24, 2.45) is 0 Å². The first-order chi connectivity index (χ1) is 30.2. The molecule has 0 atom stereocenters. The lowest BCUT2D eigenvalue weighted by Crippen LogP contribution is -2.02. The van der Waals surface area contributed by atoms with Gasteiger partial charge in [-0.05, 0) is 65.7 Å². The van der Waals surface area contributed by atoms with E-state index in [0.29, 0.717) is 28.7 Å². The second kappa shape index (κ2) is 13.0. The fourth-order valence-corrected chi connectivity index (χ4v) is 7.77. The molecule has 56 heavy (non-hydrogen) atoms. The Morgan fingerprint density at radius 2 is 0.804 bits per heavy atom. The molecule has 8 aromatic carbocycles. The van der Waals surface area contributed by atoms with Gasteiger partial charge in [-0.15, -0.1) is 0 Å². The molecule has 3 heterocycles. The third-order valence-corrected chi connectivity index (χ3v) is 10.3. The summed E-state index contributed by atoms with van der Waals surface area (Å²) in [4.78, 5) is 15.4. The molecule has 0 aliphatic carbocycles. The highest BCUT2D eigenvalue weighted by Crippen LogP contribution is 2.37. The number of fused-ring (bicyclic) bond motifs is 6. The van der Waals surface area contributed by atoms with Gasteiger partial charge >= 0.3 is 0 Å². The summed E-state index contributed by atoms with van der Waals surface area (Å²) in [6, 6.07) is 52.3. The smallest absolute Gasteiger partial charge is 0.164 e. The van der Waals surface area contributed by atoms with Crippen molar-refractivity contribution >= 4 is 43.6 Å². The van der Waals surface area contributed by atoms with Gasteiger partial charge in [0.15, 0.2) is 17.5 Å². The second-order valence-corrected chi connectivity index (χ2v) is 13.6. The molecule has 0 N–H and O–H groups in total. The lowest BCUT2D eigenvalue weighted by Gasteiger charge is -2.15. The first kappa shape index (κ1) is 26.2. The third-order valence-electron chi connectivity index (χ3n) is 10.3. The van der Waals surface area contributed by atoms with Crippen molar-refractivity contribution in [2.45, 2.75) is 0 Å². The quantitative estimate of drug-likeness (QED) is 0.172. The van der Waals surface area contributed by atoms with E-state index in [4.69, 9.17) is 23.2 Å². The van der Waals surface area contributed by atoms with Crippen LogP contribution in [0.15, 0.2) is 200 Å². The van der Waals surface area contributed by atoms with Crippen LogP contribution in [0.2, 0.25) is 0 Å². The lowest BCUT2D eigenvalue weighted by atomic mass is 10.0. The Morgan fingerprint density at radius 3 is 1.45 bits per heavy atom. The fraction of sp³-hybridized carbons (Fsp3) is 0. The highest BCUT2D eigenvalue weighted by Gasteiger charge is 2.18. The number of nitrogens with zero attached hydrogens (tertiary/aromatic N) is 5. The lowest BCUT2D eigenvalue weighted by molar-refractivity contribution is 1.07. The van der Waals surface area contributed by atoms with Gasteiger partial charge in [-0.1, -0.05) is 145 Å². The fourth-order valence-electron chi connectivity index (χ4n) is 7.77. The van der Waals surface area contributed by atoms with Gasteiger partial charge in [0, 0.05) is 49.6 Å². The zero-order chi connectivity index (χ0) is 42.2. The molecule has 0 amide bonds. The molecular weight excluding hydrogens is 683 g/mol. The predicted octanol–water partition coefficient (Wildman–Crippen LogP) is 12.7. The minimum Gasteiger partial charge on any atom is -0.309 e. The van der Waals surface area contributed by atoms with Crippen LogP contribution in [0.4, 0.5) is 0 Å². The van der Waals surface area contributed by atoms with E-state index in [-0.39, 0.29) is 58.1 Å². The molecule has 0 spiro atoms. The maximum absolute atomic E-state index is 9.13. The second-order valence-electron chi connectivity index (χ2n) is 13.6. The molecular formula is C51H33N5. The SMILES string of the molecule is [2H]c1cc([2H])c2c(c1[2H])c1c([2H])c([2H])cc([2H])c1n2-c1cc(-c2ccccc2)cc(-c2nc(-c3ccccc3)nc(-c3cccc(-n4c5ccccc5c5ccccc54)c3)n2)c1. The Kier molecular flexibility index (Phi) is 6.10. The first-order valence-electron chi connectivity index (χ1n) is 21.4. The van der Waals surface area contributed by atoms with Crippen LogP contribution in [-0.2, 0) is 0 Å². The minimum absolute atomic E-state index is 0.0360. The Bertz CT molecular complexity index is 3480. The number of rotatable bonds is 6. The van der Waals surface area contributed by atoms with Gasteiger partial charge < -0.3 is 9.13 Å². The van der Waals surface area contributed by atoms with Crippen LogP contribution >= 0.6 is 0 Å². The number of benzene rings is 8. The summed E-state index contributed by atoms with van der Waals surface area (Å²) >= 11 is 0. The van der Waals surface area contributed by atoms with Crippen molar-refractivity contribution < 1.29 is 8.22 Å². The van der Waals surface area contributed by atoms with Gasteiger partial charge in [0.05, 0.1) is 30.3 Å². The Balaban J connectivity index is 1.18. The van der Waals surface area contributed by atoms with Crippen LogP contribution in [0, 0.1) is 0 Å². The Labute approximate surface area is 331 Å². The third kappa shape index (κ3) is 5.29. The number of hydrogen-bond donors (Lipinski definition) is 0. The highest BCUT2D eigenvalue weighted by molar-refractivity contribution is 6.10. The van der Waals surface area contributed by atoms with Gasteiger partial charge in [0.2, 0.25) is 0 Å². The van der Waals surface area contributed by atoms with E-state index in [2.05, 4.69) is 65.2 Å². The standard InChI is InChI=1S/C51H33N5/c1-3-16-34(17-4-1)37-30-38(33-40(32-37)56-47-28-13-9-24-43(47)44-25-10-14-29-48(44)56)51-53-49(35-18-5-2-6-19-35)52-50(54-51)36-20-15-21-39(31-36)55-45-26-11-7-22-41(45)42-23-8-12-27-46(42)55/h1-33H/i9D,10D,24D,25D,28D,29D. The van der Waals surface area contributed by atoms with Crippen molar-refractivity contribution in [2.75, 3.05) is 0 Å². The van der Waals surface area contributed by atoms with Gasteiger partial charge in [-0.25, -0.2) is 15.0 Å². The molecule has 0 saturated carbocycles. The molecule has 262 valence electrons. The molecule has 0 bridgehead atoms. The van der Waals surface area contributed by atoms with Gasteiger partial charge in [-0.3, -0.25) is 0 Å². The summed E-state index contributed by atoms with van der Waals surface area (Å²) in [7, 11) is 0. The van der Waals surface area contributed by atoms with E-state index in [1.54, 1.807) is 4.57 Å². The van der Waals surface area contributed by atoms with Crippen LogP contribution in [-0.4, -0.2) is 24.1 Å². The van der Waals surface area contributed by atoms with Crippen LogP contribution in [0.3, 0.4) is 0 Å². The zero-order valence-electron chi connectivity index (χ0n) is 35.8. The van der Waals surface area contributed by atoms with Crippen molar-refractivity contribution in [1.29, 1.82) is 0 Å². The van der Waals surface area contributed by atoms with Gasteiger partial charge in [-0.2, -0.15) is 0 Å². The van der Waals surface area contributed by atoms with Crippen molar-refractivity contribution in [3.05, 3.63) is 200 Å². The molecule has 5 nitrogen and oxygen atoms in total. The summed E-state index contributed by atoms with van der Waals surface area (Å²) in [5, 5.41) is 2.70. The van der Waals surface area contributed by atoms with Crippen LogP contribution < -0.4 is 0 Å². The zero-order valence-corrected chi connectivity index (χ0v) is 29.8. The molecule has 0 unspecified atom stereocenters. The van der Waals surface area contributed by atoms with E-state index in [9.17, 15) is 0 Å². The average molecular weight is 722 g/mol. The van der Waals surface area contributed by atoms with E-state index in [0.717, 1.165) is 49.7 Å². The minimum atomic E-state index is -0.171. The summed E-state index contributed by atoms with van der Waals surface area (Å²) in [6.45, 7) is 0. The van der Waals surface area contributed by atoms with Gasteiger partial charge in [0.25, 0.3) is 0 Å². The summed E-state index contributed by atoms with van der Waals surface area (Å²) in [5.74, 6) is 1.32. The molecule has 11 rings (SSSR count). The summed E-state index contributed by atoms with van der Waals surface area (Å²) < 4.78 is 57.2. The maximum atomic E-state index is 9.13. The monoisotopic (exact) mass is 721 g/mol. The molecule has 5 heteroatoms. The maximum Gasteiger partial charge on any atom is 0.164 e. The predicted molar refractivity (Wildman–Crippen MR) is 230 cm³/mol. The number of aromatic nitrogens is 5. The van der Waals surface area contributed by atoms with E-state index < -0.39 is 0 Å². The Morgan fingerprint density at radius 1 is 0.321 bits per heavy atom. The highest BCUT2D eigenvalue weighted by atomic mass is 15.0. The topological polar surface area (TPSA) is 48.5 Å². The summed E-state index contributed by atoms with van der Waals surface area (Å²) in [5.41, 5.74) is 8.12. The van der Waals surface area contributed by atoms with E-state index >= 15 is 0 Å². The van der Waals surface area contributed by atoms with Crippen LogP contribution in [0.1, 0.15) is 8.22 Å². The normalized spacial score (nSPS) is 13.1. The van der Waals surface area contributed by atoms with Crippen molar-refractivity contribution in [3.63, 3.8) is 0 Å². The number of para-hydroxylation sites is 4. The molecule has 0 fully saturated rings. The molecule has 3 aromatic heterocycles. The molecule has 0 aliphatic heterocycles. The van der Waals surface area contributed by atoms with Crippen LogP contribution in [0.25, 0.3) is 100 Å². The first-order valence-corrected chi connectivity index (χ1v) is 18.4. The Hall–Kier alpha value is -7.63. The van der Waals surface area contributed by atoms with E-state index in [1.807, 2.05) is 91.0 Å². The summed E-state index contributed by atoms with van der Waals surface area (Å²) in [6.07, 6.45) is 0. The van der Waals surface area contributed by atoms with Crippen molar-refractivity contribution in [1.82, 2.24) is 24.1 Å². The molecule has 0 saturated heterocycles. The van der Waals surface area contributed by atoms with E-state index in [1.165, 1.54) is 12.1 Å². The molecule has 0 radical (unpaired) electrons. The number of hydrogen-bond acceptors (Lipinski definition) is 3. The van der Waals surface area contributed by atoms with Crippen molar-refractivity contribution in [3.8, 4) is 56.7 Å². The molecule has 0 aliphatic rings. The van der Waals surface area contributed by atoms with Gasteiger partial charge in [0.1, 0.15) is 0 Å². The average Bonchev–Trinajstić information content (AvgIpc) is 3.86. The molecule has 11 aromatic rings. The van der Waals surface area contributed by atoms with Crippen LogP contribution in [0.5, 0.6) is 0 Å².